The van der Waals surface area contributed by atoms with Crippen molar-refractivity contribution < 1.29 is 9.53 Å². The van der Waals surface area contributed by atoms with E-state index in [9.17, 15) is 4.79 Å². The number of hydrogen-bond donors (Lipinski definition) is 2. The lowest BCUT2D eigenvalue weighted by Crippen LogP contribution is -2.43. The molecule has 0 radical (unpaired) electrons. The van der Waals surface area contributed by atoms with Crippen molar-refractivity contribution in [3.05, 3.63) is 0 Å². The Morgan fingerprint density at radius 3 is 2.25 bits per heavy atom. The first-order chi connectivity index (χ1) is 7.16. The van der Waals surface area contributed by atoms with Crippen LogP contribution in [0.4, 0.5) is 4.79 Å². The summed E-state index contributed by atoms with van der Waals surface area (Å²) in [5.74, 6) is 0. The highest BCUT2D eigenvalue weighted by atomic mass is 16.6. The molecule has 92 valence electrons. The van der Waals surface area contributed by atoms with Crippen LogP contribution in [0.1, 0.15) is 34.6 Å². The zero-order valence-corrected chi connectivity index (χ0v) is 10.7. The maximum absolute atomic E-state index is 11.2. The second-order valence-electron chi connectivity index (χ2n) is 5.09. The van der Waals surface area contributed by atoms with E-state index in [-0.39, 0.29) is 0 Å². The third-order valence-corrected chi connectivity index (χ3v) is 1.64. The molecule has 0 fully saturated rings. The standard InChI is InChI=1S/C11H21N3O2/c1-10(2,3)16-9(15)13-6-7-14-11(4,5)8-12/h14H,6-7H2,1-5H3,(H,13,15). The molecule has 0 unspecified atom stereocenters. The van der Waals surface area contributed by atoms with Crippen LogP contribution >= 0.6 is 0 Å². The Morgan fingerprint density at radius 2 is 1.81 bits per heavy atom. The minimum atomic E-state index is -0.574. The SMILES string of the molecule is CC(C)(C#N)NCCNC(=O)OC(C)(C)C. The van der Waals surface area contributed by atoms with Gasteiger partial charge >= 0.3 is 6.09 Å². The molecule has 1 amide bonds. The van der Waals surface area contributed by atoms with E-state index in [0.717, 1.165) is 0 Å². The minimum Gasteiger partial charge on any atom is -0.444 e. The largest absolute Gasteiger partial charge is 0.444 e. The van der Waals surface area contributed by atoms with Gasteiger partial charge in [-0.3, -0.25) is 5.32 Å². The molecule has 0 spiro atoms. The summed E-state index contributed by atoms with van der Waals surface area (Å²) >= 11 is 0. The van der Waals surface area contributed by atoms with Crippen LogP contribution in [0.3, 0.4) is 0 Å². The summed E-state index contributed by atoms with van der Waals surface area (Å²) in [6, 6.07) is 2.11. The highest BCUT2D eigenvalue weighted by Gasteiger charge is 2.17. The number of hydrogen-bond acceptors (Lipinski definition) is 4. The quantitative estimate of drug-likeness (QED) is 0.712. The second-order valence-corrected chi connectivity index (χ2v) is 5.09. The molecule has 0 aliphatic rings. The van der Waals surface area contributed by atoms with Gasteiger partial charge in [-0.1, -0.05) is 0 Å². The van der Waals surface area contributed by atoms with Crippen LogP contribution in [0.15, 0.2) is 0 Å². The molecule has 0 atom stereocenters. The number of nitrogens with one attached hydrogen (secondary N) is 2. The van der Waals surface area contributed by atoms with Gasteiger partial charge in [0.05, 0.1) is 6.07 Å². The first kappa shape index (κ1) is 14.7. The molecule has 0 heterocycles. The summed E-state index contributed by atoms with van der Waals surface area (Å²) in [5.41, 5.74) is -1.06. The van der Waals surface area contributed by atoms with Crippen LogP contribution in [0.5, 0.6) is 0 Å². The van der Waals surface area contributed by atoms with Gasteiger partial charge in [0.1, 0.15) is 11.1 Å². The van der Waals surface area contributed by atoms with Gasteiger partial charge < -0.3 is 10.1 Å². The molecule has 2 N–H and O–H groups in total. The van der Waals surface area contributed by atoms with Gasteiger partial charge in [0.25, 0.3) is 0 Å². The molecular formula is C11H21N3O2. The van der Waals surface area contributed by atoms with E-state index in [1.807, 2.05) is 20.8 Å². The van der Waals surface area contributed by atoms with Crippen LogP contribution in [0.25, 0.3) is 0 Å². The van der Waals surface area contributed by atoms with E-state index < -0.39 is 17.2 Å². The number of carbonyl (C=O) groups is 1. The van der Waals surface area contributed by atoms with Crippen molar-refractivity contribution in [1.29, 1.82) is 5.26 Å². The number of rotatable bonds is 4. The topological polar surface area (TPSA) is 74.2 Å². The Morgan fingerprint density at radius 1 is 1.25 bits per heavy atom. The van der Waals surface area contributed by atoms with Crippen LogP contribution in [0, 0.1) is 11.3 Å². The summed E-state index contributed by atoms with van der Waals surface area (Å²) in [6.07, 6.45) is -0.441. The first-order valence-corrected chi connectivity index (χ1v) is 5.29. The maximum Gasteiger partial charge on any atom is 0.407 e. The van der Waals surface area contributed by atoms with Gasteiger partial charge in [-0.2, -0.15) is 5.26 Å². The van der Waals surface area contributed by atoms with E-state index in [1.165, 1.54) is 0 Å². The Bertz CT molecular complexity index is 274. The molecule has 16 heavy (non-hydrogen) atoms. The molecule has 5 heteroatoms. The van der Waals surface area contributed by atoms with Crippen LogP contribution < -0.4 is 10.6 Å². The van der Waals surface area contributed by atoms with Crippen LogP contribution in [-0.4, -0.2) is 30.3 Å². The average Bonchev–Trinajstić information content (AvgIpc) is 2.10. The lowest BCUT2D eigenvalue weighted by Gasteiger charge is -2.21. The Balaban J connectivity index is 3.69. The van der Waals surface area contributed by atoms with Gasteiger partial charge in [-0.25, -0.2) is 4.79 Å². The van der Waals surface area contributed by atoms with Gasteiger partial charge in [-0.15, -0.1) is 0 Å². The van der Waals surface area contributed by atoms with Crippen molar-refractivity contribution in [2.75, 3.05) is 13.1 Å². The molecule has 0 aromatic heterocycles. The second kappa shape index (κ2) is 5.71. The predicted molar refractivity (Wildman–Crippen MR) is 61.9 cm³/mol. The van der Waals surface area contributed by atoms with E-state index in [1.54, 1.807) is 13.8 Å². The normalized spacial score (nSPS) is 11.8. The van der Waals surface area contributed by atoms with Crippen molar-refractivity contribution in [2.24, 2.45) is 0 Å². The Labute approximate surface area is 97.2 Å². The van der Waals surface area contributed by atoms with Crippen molar-refractivity contribution in [3.63, 3.8) is 0 Å². The summed E-state index contributed by atoms with van der Waals surface area (Å²) < 4.78 is 5.05. The van der Waals surface area contributed by atoms with Crippen LogP contribution in [-0.2, 0) is 4.74 Å². The van der Waals surface area contributed by atoms with E-state index in [0.29, 0.717) is 13.1 Å². The molecule has 0 aromatic carbocycles. The van der Waals surface area contributed by atoms with Crippen molar-refractivity contribution in [3.8, 4) is 6.07 Å². The fourth-order valence-electron chi connectivity index (χ4n) is 0.893. The highest BCUT2D eigenvalue weighted by molar-refractivity contribution is 5.67. The zero-order chi connectivity index (χ0) is 12.8. The fraction of sp³-hybridized carbons (Fsp3) is 0.818. The number of carbonyl (C=O) groups excluding carboxylic acids is 1. The summed E-state index contributed by atoms with van der Waals surface area (Å²) in [5, 5.41) is 14.3. The van der Waals surface area contributed by atoms with Gasteiger partial charge in [0, 0.05) is 13.1 Å². The smallest absolute Gasteiger partial charge is 0.407 e. The number of amides is 1. The lowest BCUT2D eigenvalue weighted by atomic mass is 10.1. The first-order valence-electron chi connectivity index (χ1n) is 5.29. The number of ether oxygens (including phenoxy) is 1. The van der Waals surface area contributed by atoms with E-state index >= 15 is 0 Å². The zero-order valence-electron chi connectivity index (χ0n) is 10.7. The number of nitrogens with zero attached hydrogens (tertiary/aromatic N) is 1. The summed E-state index contributed by atoms with van der Waals surface area (Å²) in [4.78, 5) is 11.2. The number of alkyl carbamates (subject to hydrolysis) is 1. The number of nitriles is 1. The predicted octanol–water partition coefficient (Wildman–Crippen LogP) is 1.40. The third kappa shape index (κ3) is 8.06. The molecule has 5 nitrogen and oxygen atoms in total. The van der Waals surface area contributed by atoms with Gasteiger partial charge in [-0.05, 0) is 34.6 Å². The fourth-order valence-corrected chi connectivity index (χ4v) is 0.893. The maximum atomic E-state index is 11.2. The minimum absolute atomic E-state index is 0.431. The molecule has 0 aliphatic heterocycles. The molecule has 0 saturated heterocycles. The van der Waals surface area contributed by atoms with E-state index in [2.05, 4.69) is 16.7 Å². The molecule has 0 bridgehead atoms. The summed E-state index contributed by atoms with van der Waals surface area (Å²) in [7, 11) is 0. The van der Waals surface area contributed by atoms with Crippen molar-refractivity contribution in [2.45, 2.75) is 45.8 Å². The third-order valence-electron chi connectivity index (χ3n) is 1.64. The Kier molecular flexibility index (Phi) is 5.25. The van der Waals surface area contributed by atoms with Gasteiger partial charge in [0.2, 0.25) is 0 Å². The highest BCUT2D eigenvalue weighted by Crippen LogP contribution is 2.06. The summed E-state index contributed by atoms with van der Waals surface area (Å²) in [6.45, 7) is 9.94. The molecule has 0 aromatic rings. The monoisotopic (exact) mass is 227 g/mol. The lowest BCUT2D eigenvalue weighted by molar-refractivity contribution is 0.0527. The molecule has 0 aliphatic carbocycles. The molecular weight excluding hydrogens is 206 g/mol. The van der Waals surface area contributed by atoms with Crippen molar-refractivity contribution >= 4 is 6.09 Å². The Hall–Kier alpha value is -1.28. The van der Waals surface area contributed by atoms with Crippen molar-refractivity contribution in [1.82, 2.24) is 10.6 Å². The van der Waals surface area contributed by atoms with Gasteiger partial charge in [0.15, 0.2) is 0 Å². The molecule has 0 saturated carbocycles. The van der Waals surface area contributed by atoms with Crippen LogP contribution in [0.2, 0.25) is 0 Å². The average molecular weight is 227 g/mol. The molecule has 0 rings (SSSR count). The van der Waals surface area contributed by atoms with E-state index in [4.69, 9.17) is 10.00 Å².